The second-order valence-electron chi connectivity index (χ2n) is 6.53. The zero-order chi connectivity index (χ0) is 16.2. The lowest BCUT2D eigenvalue weighted by molar-refractivity contribution is -0.124. The molecule has 0 saturated carbocycles. The van der Waals surface area contributed by atoms with Gasteiger partial charge in [0.05, 0.1) is 6.61 Å². The van der Waals surface area contributed by atoms with E-state index in [4.69, 9.17) is 10.5 Å². The molecule has 1 aliphatic heterocycles. The second-order valence-corrected chi connectivity index (χ2v) is 6.53. The van der Waals surface area contributed by atoms with Gasteiger partial charge in [0, 0.05) is 32.3 Å². The van der Waals surface area contributed by atoms with Crippen molar-refractivity contribution in [2.24, 2.45) is 5.73 Å². The Labute approximate surface area is 132 Å². The fourth-order valence-electron chi connectivity index (χ4n) is 2.81. The molecule has 122 valence electrons. The van der Waals surface area contributed by atoms with Gasteiger partial charge in [-0.3, -0.25) is 9.69 Å². The third-order valence-electron chi connectivity index (χ3n) is 4.36. The molecular formula is C17H27N3O2. The molecule has 1 aromatic rings. The number of nitrogens with two attached hydrogens (primary N) is 1. The van der Waals surface area contributed by atoms with Crippen molar-refractivity contribution >= 4 is 5.91 Å². The van der Waals surface area contributed by atoms with Crippen LogP contribution in [0.15, 0.2) is 24.3 Å². The molecule has 1 aromatic carbocycles. The van der Waals surface area contributed by atoms with E-state index in [9.17, 15) is 4.79 Å². The summed E-state index contributed by atoms with van der Waals surface area (Å²) in [6, 6.07) is 7.95. The highest BCUT2D eigenvalue weighted by Crippen LogP contribution is 2.24. The molecule has 1 unspecified atom stereocenters. The zero-order valence-electron chi connectivity index (χ0n) is 13.8. The Kier molecular flexibility index (Phi) is 5.56. The number of carbonyl (C=O) groups is 1. The third-order valence-corrected chi connectivity index (χ3v) is 4.36. The lowest BCUT2D eigenvalue weighted by atomic mass is 9.94. The highest BCUT2D eigenvalue weighted by Gasteiger charge is 2.30. The molecule has 0 fully saturated rings. The fourth-order valence-corrected chi connectivity index (χ4v) is 2.81. The summed E-state index contributed by atoms with van der Waals surface area (Å²) in [7, 11) is 1.54. The maximum absolute atomic E-state index is 11.9. The molecule has 0 saturated heterocycles. The Bertz CT molecular complexity index is 516. The normalized spacial score (nSPS) is 16.9. The van der Waals surface area contributed by atoms with Crippen molar-refractivity contribution in [2.45, 2.75) is 38.4 Å². The maximum atomic E-state index is 11.9. The van der Waals surface area contributed by atoms with E-state index in [-0.39, 0.29) is 18.1 Å². The Morgan fingerprint density at radius 3 is 2.77 bits per heavy atom. The van der Waals surface area contributed by atoms with Crippen molar-refractivity contribution in [3.63, 3.8) is 0 Å². The Morgan fingerprint density at radius 1 is 1.41 bits per heavy atom. The molecule has 2 rings (SSSR count). The van der Waals surface area contributed by atoms with Gasteiger partial charge in [0.25, 0.3) is 0 Å². The van der Waals surface area contributed by atoms with Crippen LogP contribution in [0, 0.1) is 0 Å². The molecule has 1 heterocycles. The van der Waals surface area contributed by atoms with Gasteiger partial charge in [-0.15, -0.1) is 0 Å². The molecule has 0 aromatic heterocycles. The van der Waals surface area contributed by atoms with E-state index in [2.05, 4.69) is 48.3 Å². The van der Waals surface area contributed by atoms with Crippen molar-refractivity contribution in [1.82, 2.24) is 10.2 Å². The summed E-state index contributed by atoms with van der Waals surface area (Å²) in [6.45, 7) is 7.05. The number of ether oxygens (including phenoxy) is 1. The van der Waals surface area contributed by atoms with E-state index in [1.807, 2.05) is 0 Å². The topological polar surface area (TPSA) is 67.6 Å². The first-order chi connectivity index (χ1) is 10.4. The second kappa shape index (κ2) is 7.22. The van der Waals surface area contributed by atoms with Gasteiger partial charge >= 0.3 is 0 Å². The monoisotopic (exact) mass is 305 g/mol. The molecule has 3 N–H and O–H groups in total. The summed E-state index contributed by atoms with van der Waals surface area (Å²) in [4.78, 5) is 14.3. The quantitative estimate of drug-likeness (QED) is 0.820. The first-order valence-electron chi connectivity index (χ1n) is 7.78. The lowest BCUT2D eigenvalue weighted by Gasteiger charge is -2.41. The van der Waals surface area contributed by atoms with Gasteiger partial charge in [-0.05, 0) is 31.4 Å². The van der Waals surface area contributed by atoms with Crippen molar-refractivity contribution in [1.29, 1.82) is 0 Å². The molecule has 22 heavy (non-hydrogen) atoms. The summed E-state index contributed by atoms with van der Waals surface area (Å²) in [5.74, 6) is -0.160. The van der Waals surface area contributed by atoms with Gasteiger partial charge in [-0.2, -0.15) is 0 Å². The standard InChI is InChI=1S/C17H27N3O2/c1-17(2,12-19-16(21)15(18)11-22-3)20-9-8-13-6-4-5-7-14(13)10-20/h4-7,15H,8-12,18H2,1-3H3,(H,19,21). The number of benzene rings is 1. The largest absolute Gasteiger partial charge is 0.383 e. The van der Waals surface area contributed by atoms with E-state index in [0.29, 0.717) is 6.54 Å². The predicted molar refractivity (Wildman–Crippen MR) is 87.5 cm³/mol. The lowest BCUT2D eigenvalue weighted by Crippen LogP contribution is -2.55. The predicted octanol–water partition coefficient (Wildman–Crippen LogP) is 0.913. The minimum atomic E-state index is -0.608. The van der Waals surface area contributed by atoms with Crippen molar-refractivity contribution < 1.29 is 9.53 Å². The minimum Gasteiger partial charge on any atom is -0.383 e. The van der Waals surface area contributed by atoms with E-state index in [1.165, 1.54) is 11.1 Å². The number of hydrogen-bond acceptors (Lipinski definition) is 4. The van der Waals surface area contributed by atoms with Gasteiger partial charge in [0.1, 0.15) is 6.04 Å². The molecule has 0 spiro atoms. The first-order valence-corrected chi connectivity index (χ1v) is 7.78. The van der Waals surface area contributed by atoms with Crippen LogP contribution in [0.5, 0.6) is 0 Å². The van der Waals surface area contributed by atoms with Crippen LogP contribution >= 0.6 is 0 Å². The van der Waals surface area contributed by atoms with Crippen LogP contribution in [0.25, 0.3) is 0 Å². The highest BCUT2D eigenvalue weighted by atomic mass is 16.5. The average molecular weight is 305 g/mol. The van der Waals surface area contributed by atoms with E-state index in [1.54, 1.807) is 7.11 Å². The zero-order valence-corrected chi connectivity index (χ0v) is 13.8. The maximum Gasteiger partial charge on any atom is 0.239 e. The average Bonchev–Trinajstić information content (AvgIpc) is 2.52. The van der Waals surface area contributed by atoms with Crippen molar-refractivity contribution in [3.05, 3.63) is 35.4 Å². The molecule has 5 nitrogen and oxygen atoms in total. The van der Waals surface area contributed by atoms with E-state index >= 15 is 0 Å². The molecule has 1 atom stereocenters. The molecule has 0 aliphatic carbocycles. The summed E-state index contributed by atoms with van der Waals surface area (Å²) >= 11 is 0. The van der Waals surface area contributed by atoms with Crippen LogP contribution in [-0.2, 0) is 22.5 Å². The molecule has 1 aliphatic rings. The number of fused-ring (bicyclic) bond motifs is 1. The molecule has 0 bridgehead atoms. The smallest absolute Gasteiger partial charge is 0.239 e. The molecular weight excluding hydrogens is 278 g/mol. The van der Waals surface area contributed by atoms with Gasteiger partial charge in [-0.25, -0.2) is 0 Å². The molecule has 5 heteroatoms. The number of methoxy groups -OCH3 is 1. The number of nitrogens with zero attached hydrogens (tertiary/aromatic N) is 1. The molecule has 0 radical (unpaired) electrons. The van der Waals surface area contributed by atoms with Crippen LogP contribution in [-0.4, -0.2) is 49.2 Å². The van der Waals surface area contributed by atoms with Crippen LogP contribution in [0.3, 0.4) is 0 Å². The Morgan fingerprint density at radius 2 is 2.09 bits per heavy atom. The summed E-state index contributed by atoms with van der Waals surface area (Å²) in [5, 5.41) is 2.94. The van der Waals surface area contributed by atoms with E-state index < -0.39 is 6.04 Å². The number of rotatable bonds is 6. The van der Waals surface area contributed by atoms with Gasteiger partial charge in [0.2, 0.25) is 5.91 Å². The van der Waals surface area contributed by atoms with Crippen LogP contribution in [0.2, 0.25) is 0 Å². The number of carbonyl (C=O) groups excluding carboxylic acids is 1. The van der Waals surface area contributed by atoms with Gasteiger partial charge < -0.3 is 15.8 Å². The minimum absolute atomic E-state index is 0.115. The van der Waals surface area contributed by atoms with Gasteiger partial charge in [-0.1, -0.05) is 24.3 Å². The van der Waals surface area contributed by atoms with Crippen molar-refractivity contribution in [3.8, 4) is 0 Å². The number of nitrogens with one attached hydrogen (secondary N) is 1. The Balaban J connectivity index is 1.92. The third kappa shape index (κ3) is 4.06. The van der Waals surface area contributed by atoms with Crippen LogP contribution in [0.4, 0.5) is 0 Å². The summed E-state index contributed by atoms with van der Waals surface area (Å²) < 4.78 is 4.92. The first kappa shape index (κ1) is 16.9. The van der Waals surface area contributed by atoms with Gasteiger partial charge in [0.15, 0.2) is 0 Å². The van der Waals surface area contributed by atoms with Crippen molar-refractivity contribution in [2.75, 3.05) is 26.8 Å². The fraction of sp³-hybridized carbons (Fsp3) is 0.588. The molecule has 1 amide bonds. The highest BCUT2D eigenvalue weighted by molar-refractivity contribution is 5.81. The van der Waals surface area contributed by atoms with Crippen LogP contribution < -0.4 is 11.1 Å². The summed E-state index contributed by atoms with van der Waals surface area (Å²) in [5.41, 5.74) is 8.44. The number of amides is 1. The van der Waals surface area contributed by atoms with E-state index in [0.717, 1.165) is 19.5 Å². The summed E-state index contributed by atoms with van der Waals surface area (Å²) in [6.07, 6.45) is 1.05. The SMILES string of the molecule is COCC(N)C(=O)NCC(C)(C)N1CCc2ccccc2C1. The Hall–Kier alpha value is -1.43. The van der Waals surface area contributed by atoms with Crippen LogP contribution in [0.1, 0.15) is 25.0 Å². The number of hydrogen-bond donors (Lipinski definition) is 2.